The summed E-state index contributed by atoms with van der Waals surface area (Å²) in [5.41, 5.74) is 2.08. The van der Waals surface area contributed by atoms with Crippen LogP contribution in [0.1, 0.15) is 44.6 Å². The molecule has 2 N–H and O–H groups in total. The molecule has 8 nitrogen and oxygen atoms in total. The molecule has 0 spiro atoms. The number of hydrogen-bond acceptors (Lipinski definition) is 6. The van der Waals surface area contributed by atoms with Crippen molar-refractivity contribution in [3.8, 4) is 5.69 Å². The summed E-state index contributed by atoms with van der Waals surface area (Å²) in [4.78, 5) is 24.2. The minimum absolute atomic E-state index is 0.110. The average molecular weight is 388 g/mol. The van der Waals surface area contributed by atoms with Gasteiger partial charge in [0.2, 0.25) is 17.0 Å². The van der Waals surface area contributed by atoms with E-state index in [-0.39, 0.29) is 17.6 Å². The standard InChI is InChI=1S/C18H24N6O2S/c1-12(2)13-6-8-14(9-7-13)24-18(21-22-23-24)27-11-16(25)20-15-5-3-4-10-19-17(15)26/h6-9,12,15H,3-5,10-11H2,1-2H3,(H,19,26)(H,20,25)/t15-/m0/s1. The summed E-state index contributed by atoms with van der Waals surface area (Å²) in [5.74, 6) is 0.285. The van der Waals surface area contributed by atoms with E-state index in [1.165, 1.54) is 17.3 Å². The molecule has 0 radical (unpaired) electrons. The van der Waals surface area contributed by atoms with Crippen molar-refractivity contribution >= 4 is 23.6 Å². The largest absolute Gasteiger partial charge is 0.354 e. The van der Waals surface area contributed by atoms with Crippen LogP contribution in [0.25, 0.3) is 5.69 Å². The molecule has 0 aliphatic carbocycles. The van der Waals surface area contributed by atoms with Crippen LogP contribution in [-0.2, 0) is 9.59 Å². The molecule has 144 valence electrons. The van der Waals surface area contributed by atoms with Gasteiger partial charge >= 0.3 is 0 Å². The van der Waals surface area contributed by atoms with Gasteiger partial charge in [-0.25, -0.2) is 0 Å². The van der Waals surface area contributed by atoms with E-state index in [1.54, 1.807) is 4.68 Å². The quantitative estimate of drug-likeness (QED) is 0.730. The number of amides is 2. The van der Waals surface area contributed by atoms with Gasteiger partial charge in [0.05, 0.1) is 11.4 Å². The smallest absolute Gasteiger partial charge is 0.242 e. The van der Waals surface area contributed by atoms with Gasteiger partial charge in [0.15, 0.2) is 0 Å². The van der Waals surface area contributed by atoms with Crippen molar-refractivity contribution in [1.82, 2.24) is 30.8 Å². The molecular formula is C18H24N6O2S. The van der Waals surface area contributed by atoms with Crippen molar-refractivity contribution in [1.29, 1.82) is 0 Å². The molecule has 2 amide bonds. The number of carbonyl (C=O) groups excluding carboxylic acids is 2. The van der Waals surface area contributed by atoms with E-state index in [9.17, 15) is 9.59 Å². The van der Waals surface area contributed by atoms with Crippen LogP contribution in [0.2, 0.25) is 0 Å². The normalized spacial score (nSPS) is 17.4. The molecule has 1 atom stereocenters. The van der Waals surface area contributed by atoms with E-state index >= 15 is 0 Å². The number of nitrogens with zero attached hydrogens (tertiary/aromatic N) is 4. The number of carbonyl (C=O) groups is 2. The van der Waals surface area contributed by atoms with Crippen LogP contribution in [0, 0.1) is 0 Å². The second-order valence-electron chi connectivity index (χ2n) is 6.82. The van der Waals surface area contributed by atoms with Crippen LogP contribution in [0.5, 0.6) is 0 Å². The van der Waals surface area contributed by atoms with Crippen LogP contribution in [0.3, 0.4) is 0 Å². The maximum absolute atomic E-state index is 12.2. The number of aromatic nitrogens is 4. The molecule has 0 saturated carbocycles. The SMILES string of the molecule is CC(C)c1ccc(-n2nnnc2SCC(=O)N[C@H]2CCCCNC2=O)cc1. The van der Waals surface area contributed by atoms with E-state index < -0.39 is 6.04 Å². The first kappa shape index (κ1) is 19.3. The van der Waals surface area contributed by atoms with Crippen molar-refractivity contribution in [2.75, 3.05) is 12.3 Å². The summed E-state index contributed by atoms with van der Waals surface area (Å²) in [6, 6.07) is 7.57. The molecule has 1 aliphatic rings. The van der Waals surface area contributed by atoms with Crippen LogP contribution >= 0.6 is 11.8 Å². The van der Waals surface area contributed by atoms with Crippen molar-refractivity contribution in [2.24, 2.45) is 0 Å². The van der Waals surface area contributed by atoms with Crippen molar-refractivity contribution in [3.05, 3.63) is 29.8 Å². The summed E-state index contributed by atoms with van der Waals surface area (Å²) in [6.45, 7) is 4.95. The molecule has 1 fully saturated rings. The van der Waals surface area contributed by atoms with E-state index in [1.807, 2.05) is 24.3 Å². The highest BCUT2D eigenvalue weighted by molar-refractivity contribution is 7.99. The average Bonchev–Trinajstić information content (AvgIpc) is 3.04. The van der Waals surface area contributed by atoms with E-state index in [4.69, 9.17) is 0 Å². The van der Waals surface area contributed by atoms with Gasteiger partial charge in [0.25, 0.3) is 0 Å². The fourth-order valence-electron chi connectivity index (χ4n) is 2.87. The molecule has 1 aromatic heterocycles. The van der Waals surface area contributed by atoms with E-state index in [2.05, 4.69) is 40.0 Å². The minimum atomic E-state index is -0.458. The highest BCUT2D eigenvalue weighted by Gasteiger charge is 2.22. The Balaban J connectivity index is 1.59. The maximum Gasteiger partial charge on any atom is 0.242 e. The Morgan fingerprint density at radius 3 is 2.85 bits per heavy atom. The molecule has 1 saturated heterocycles. The predicted molar refractivity (Wildman–Crippen MR) is 103 cm³/mol. The molecule has 2 aromatic rings. The van der Waals surface area contributed by atoms with Gasteiger partial charge in [-0.3, -0.25) is 9.59 Å². The van der Waals surface area contributed by atoms with Gasteiger partial charge in [-0.2, -0.15) is 4.68 Å². The lowest BCUT2D eigenvalue weighted by molar-refractivity contribution is -0.127. The lowest BCUT2D eigenvalue weighted by Crippen LogP contribution is -2.46. The molecule has 1 aromatic carbocycles. The van der Waals surface area contributed by atoms with Gasteiger partial charge in [-0.05, 0) is 53.3 Å². The van der Waals surface area contributed by atoms with Gasteiger partial charge in [0.1, 0.15) is 6.04 Å². The third-order valence-corrected chi connectivity index (χ3v) is 5.37. The van der Waals surface area contributed by atoms with Crippen molar-refractivity contribution in [3.63, 3.8) is 0 Å². The number of benzene rings is 1. The summed E-state index contributed by atoms with van der Waals surface area (Å²) in [6.07, 6.45) is 2.53. The Hall–Kier alpha value is -2.42. The van der Waals surface area contributed by atoms with Crippen molar-refractivity contribution < 1.29 is 9.59 Å². The number of tetrazole rings is 1. The van der Waals surface area contributed by atoms with Crippen LogP contribution in [0.15, 0.2) is 29.4 Å². The molecule has 1 aliphatic heterocycles. The maximum atomic E-state index is 12.2. The van der Waals surface area contributed by atoms with Crippen molar-refractivity contribution in [2.45, 2.75) is 50.2 Å². The molecule has 0 bridgehead atoms. The second-order valence-corrected chi connectivity index (χ2v) is 7.76. The zero-order chi connectivity index (χ0) is 19.2. The van der Waals surface area contributed by atoms with Crippen LogP contribution in [-0.4, -0.2) is 50.4 Å². The van der Waals surface area contributed by atoms with Gasteiger partial charge < -0.3 is 10.6 Å². The first-order valence-electron chi connectivity index (χ1n) is 9.13. The first-order valence-corrected chi connectivity index (χ1v) is 10.1. The molecule has 0 unspecified atom stereocenters. The molecule has 9 heteroatoms. The number of rotatable bonds is 6. The minimum Gasteiger partial charge on any atom is -0.354 e. The zero-order valence-corrected chi connectivity index (χ0v) is 16.3. The Morgan fingerprint density at radius 1 is 1.33 bits per heavy atom. The Labute approximate surface area is 162 Å². The number of thioether (sulfide) groups is 1. The monoisotopic (exact) mass is 388 g/mol. The molecule has 3 rings (SSSR count). The summed E-state index contributed by atoms with van der Waals surface area (Å²) in [5, 5.41) is 17.9. The number of hydrogen-bond donors (Lipinski definition) is 2. The lowest BCUT2D eigenvalue weighted by atomic mass is 10.0. The fourth-order valence-corrected chi connectivity index (χ4v) is 3.58. The van der Waals surface area contributed by atoms with Crippen LogP contribution in [0.4, 0.5) is 0 Å². The lowest BCUT2D eigenvalue weighted by Gasteiger charge is -2.14. The van der Waals surface area contributed by atoms with E-state index in [0.717, 1.165) is 18.5 Å². The summed E-state index contributed by atoms with van der Waals surface area (Å²) < 4.78 is 1.61. The second kappa shape index (κ2) is 8.98. The summed E-state index contributed by atoms with van der Waals surface area (Å²) >= 11 is 1.25. The van der Waals surface area contributed by atoms with Crippen LogP contribution < -0.4 is 10.6 Å². The first-order chi connectivity index (χ1) is 13.0. The Morgan fingerprint density at radius 2 is 2.11 bits per heavy atom. The van der Waals surface area contributed by atoms with E-state index in [0.29, 0.717) is 24.0 Å². The van der Waals surface area contributed by atoms with Gasteiger partial charge in [-0.15, -0.1) is 5.10 Å². The predicted octanol–water partition coefficient (Wildman–Crippen LogP) is 1.66. The summed E-state index contributed by atoms with van der Waals surface area (Å²) in [7, 11) is 0. The zero-order valence-electron chi connectivity index (χ0n) is 15.5. The Kier molecular flexibility index (Phi) is 6.44. The number of nitrogens with one attached hydrogen (secondary N) is 2. The van der Waals surface area contributed by atoms with Gasteiger partial charge in [-0.1, -0.05) is 37.7 Å². The third-order valence-electron chi connectivity index (χ3n) is 4.45. The molecule has 27 heavy (non-hydrogen) atoms. The van der Waals surface area contributed by atoms with Gasteiger partial charge in [0, 0.05) is 6.54 Å². The Bertz CT molecular complexity index is 789. The topological polar surface area (TPSA) is 102 Å². The fraction of sp³-hybridized carbons (Fsp3) is 0.500. The highest BCUT2D eigenvalue weighted by Crippen LogP contribution is 2.20. The molecule has 2 heterocycles. The third kappa shape index (κ3) is 5.06. The molecular weight excluding hydrogens is 364 g/mol. The highest BCUT2D eigenvalue weighted by atomic mass is 32.2.